The van der Waals surface area contributed by atoms with Crippen molar-refractivity contribution in [2.45, 2.75) is 12.8 Å². The number of fused-ring (bicyclic) bond motifs is 1. The molecule has 0 aliphatic carbocycles. The molecule has 2 aliphatic heterocycles. The molecule has 3 aromatic rings. The fraction of sp³-hybridized carbons (Fsp3) is 0.300. The number of aromatic nitrogens is 3. The van der Waals surface area contributed by atoms with E-state index in [1.54, 1.807) is 30.6 Å². The van der Waals surface area contributed by atoms with Gasteiger partial charge in [0.1, 0.15) is 0 Å². The number of carbonyl (C=O) groups is 1. The topological polar surface area (TPSA) is 90.6 Å². The summed E-state index contributed by atoms with van der Waals surface area (Å²) in [6.45, 7) is 3.43. The highest BCUT2D eigenvalue weighted by Crippen LogP contribution is 2.36. The molecule has 2 atom stereocenters. The van der Waals surface area contributed by atoms with Gasteiger partial charge in [-0.15, -0.1) is 0 Å². The van der Waals surface area contributed by atoms with E-state index in [1.807, 2.05) is 17.0 Å². The van der Waals surface area contributed by atoms with E-state index >= 15 is 0 Å². The highest BCUT2D eigenvalue weighted by molar-refractivity contribution is 5.95. The van der Waals surface area contributed by atoms with Gasteiger partial charge in [0.2, 0.25) is 18.5 Å². The van der Waals surface area contributed by atoms with Gasteiger partial charge in [0.05, 0.1) is 5.92 Å². The summed E-state index contributed by atoms with van der Waals surface area (Å²) in [7, 11) is 0. The Hall–Kier alpha value is -3.42. The van der Waals surface area contributed by atoms with Crippen molar-refractivity contribution in [3.63, 3.8) is 0 Å². The second-order valence-electron chi connectivity index (χ2n) is 7.06. The van der Waals surface area contributed by atoms with E-state index < -0.39 is 0 Å². The summed E-state index contributed by atoms with van der Waals surface area (Å²) in [6, 6.07) is 8.98. The van der Waals surface area contributed by atoms with E-state index in [4.69, 9.17) is 14.0 Å². The van der Waals surface area contributed by atoms with Crippen molar-refractivity contribution < 1.29 is 18.8 Å². The molecule has 28 heavy (non-hydrogen) atoms. The fourth-order valence-corrected chi connectivity index (χ4v) is 3.66. The largest absolute Gasteiger partial charge is 0.454 e. The molecule has 0 radical (unpaired) electrons. The molecule has 4 heterocycles. The molecule has 0 N–H and O–H groups in total. The third-order valence-electron chi connectivity index (χ3n) is 5.20. The fourth-order valence-electron chi connectivity index (χ4n) is 3.66. The van der Waals surface area contributed by atoms with Crippen LogP contribution in [0, 0.1) is 5.92 Å². The molecule has 0 spiro atoms. The van der Waals surface area contributed by atoms with Gasteiger partial charge in [0.25, 0.3) is 5.91 Å². The normalized spacial score (nSPS) is 20.5. The average Bonchev–Trinajstić information content (AvgIpc) is 3.46. The average molecular weight is 378 g/mol. The molecular weight excluding hydrogens is 360 g/mol. The zero-order valence-electron chi connectivity index (χ0n) is 15.2. The van der Waals surface area contributed by atoms with Gasteiger partial charge in [-0.3, -0.25) is 9.78 Å². The monoisotopic (exact) mass is 378 g/mol. The Morgan fingerprint density at radius 1 is 1.18 bits per heavy atom. The van der Waals surface area contributed by atoms with Crippen LogP contribution in [0.1, 0.15) is 29.1 Å². The van der Waals surface area contributed by atoms with Crippen LogP contribution in [0.4, 0.5) is 0 Å². The molecule has 5 rings (SSSR count). The molecule has 142 valence electrons. The molecule has 2 aromatic heterocycles. The predicted octanol–water partition coefficient (Wildman–Crippen LogP) is 2.74. The number of pyridine rings is 1. The van der Waals surface area contributed by atoms with Crippen molar-refractivity contribution in [2.24, 2.45) is 5.92 Å². The Morgan fingerprint density at radius 3 is 2.93 bits per heavy atom. The lowest BCUT2D eigenvalue weighted by atomic mass is 9.98. The van der Waals surface area contributed by atoms with Crippen LogP contribution >= 0.6 is 0 Å². The highest BCUT2D eigenvalue weighted by Gasteiger charge is 2.37. The molecular formula is C20H18N4O4. The first kappa shape index (κ1) is 16.7. The standard InChI is InChI=1S/C20H18N4O4/c1-12-9-24(20(25)13-4-5-16-17(7-13)27-11-26-16)10-15(12)19-22-18(23-28-19)14-3-2-6-21-8-14/h2-8,12,15H,9-11H2,1H3/t12-,15-/m0/s1. The number of benzene rings is 1. The van der Waals surface area contributed by atoms with Crippen LogP contribution in [0.2, 0.25) is 0 Å². The van der Waals surface area contributed by atoms with Crippen LogP contribution in [0.3, 0.4) is 0 Å². The quantitative estimate of drug-likeness (QED) is 0.692. The lowest BCUT2D eigenvalue weighted by Crippen LogP contribution is -2.28. The van der Waals surface area contributed by atoms with Crippen LogP contribution in [-0.4, -0.2) is 45.8 Å². The molecule has 0 saturated carbocycles. The smallest absolute Gasteiger partial charge is 0.254 e. The Kier molecular flexibility index (Phi) is 3.96. The number of amides is 1. The first-order valence-electron chi connectivity index (χ1n) is 9.12. The summed E-state index contributed by atoms with van der Waals surface area (Å²) in [5.74, 6) is 2.49. The molecule has 1 amide bonds. The number of nitrogens with zero attached hydrogens (tertiary/aromatic N) is 4. The molecule has 1 aromatic carbocycles. The van der Waals surface area contributed by atoms with Crippen molar-refractivity contribution in [1.82, 2.24) is 20.0 Å². The zero-order chi connectivity index (χ0) is 19.1. The Bertz CT molecular complexity index is 1020. The SMILES string of the molecule is C[C@H]1CN(C(=O)c2ccc3c(c2)OCO3)C[C@@H]1c1nc(-c2cccnc2)no1. The van der Waals surface area contributed by atoms with Crippen LogP contribution < -0.4 is 9.47 Å². The predicted molar refractivity (Wildman–Crippen MR) is 97.9 cm³/mol. The van der Waals surface area contributed by atoms with Crippen LogP contribution in [0.15, 0.2) is 47.2 Å². The van der Waals surface area contributed by atoms with Crippen molar-refractivity contribution in [1.29, 1.82) is 0 Å². The number of hydrogen-bond donors (Lipinski definition) is 0. The highest BCUT2D eigenvalue weighted by atomic mass is 16.7. The van der Waals surface area contributed by atoms with E-state index in [2.05, 4.69) is 22.0 Å². The Balaban J connectivity index is 1.34. The molecule has 8 heteroatoms. The van der Waals surface area contributed by atoms with Crippen LogP contribution in [-0.2, 0) is 0 Å². The first-order valence-corrected chi connectivity index (χ1v) is 9.12. The minimum absolute atomic E-state index is 0.00381. The summed E-state index contributed by atoms with van der Waals surface area (Å²) in [6.07, 6.45) is 3.39. The minimum atomic E-state index is -0.0420. The second-order valence-corrected chi connectivity index (χ2v) is 7.06. The third-order valence-corrected chi connectivity index (χ3v) is 5.20. The maximum absolute atomic E-state index is 13.0. The van der Waals surface area contributed by atoms with Gasteiger partial charge in [-0.1, -0.05) is 12.1 Å². The van der Waals surface area contributed by atoms with Crippen molar-refractivity contribution in [3.05, 3.63) is 54.2 Å². The Labute approximate surface area is 161 Å². The maximum Gasteiger partial charge on any atom is 0.254 e. The number of rotatable bonds is 3. The summed E-state index contributed by atoms with van der Waals surface area (Å²) in [5.41, 5.74) is 1.38. The van der Waals surface area contributed by atoms with Gasteiger partial charge in [0.15, 0.2) is 11.5 Å². The van der Waals surface area contributed by atoms with Gasteiger partial charge < -0.3 is 18.9 Å². The lowest BCUT2D eigenvalue weighted by molar-refractivity contribution is 0.0785. The van der Waals surface area contributed by atoms with Gasteiger partial charge in [0, 0.05) is 36.6 Å². The van der Waals surface area contributed by atoms with Gasteiger partial charge >= 0.3 is 0 Å². The first-order chi connectivity index (χ1) is 13.7. The molecule has 1 saturated heterocycles. The summed E-state index contributed by atoms with van der Waals surface area (Å²) in [5, 5.41) is 4.07. The molecule has 1 fully saturated rings. The molecule has 0 unspecified atom stereocenters. The van der Waals surface area contributed by atoms with Crippen LogP contribution in [0.5, 0.6) is 11.5 Å². The van der Waals surface area contributed by atoms with E-state index in [9.17, 15) is 4.79 Å². The molecule has 0 bridgehead atoms. The maximum atomic E-state index is 13.0. The van der Waals surface area contributed by atoms with E-state index in [-0.39, 0.29) is 24.5 Å². The molecule has 2 aliphatic rings. The molecule has 8 nitrogen and oxygen atoms in total. The summed E-state index contributed by atoms with van der Waals surface area (Å²) >= 11 is 0. The van der Waals surface area contributed by atoms with Gasteiger partial charge in [-0.05, 0) is 36.2 Å². The van der Waals surface area contributed by atoms with E-state index in [0.29, 0.717) is 41.9 Å². The van der Waals surface area contributed by atoms with Crippen molar-refractivity contribution in [3.8, 4) is 22.9 Å². The van der Waals surface area contributed by atoms with Crippen LogP contribution in [0.25, 0.3) is 11.4 Å². The summed E-state index contributed by atoms with van der Waals surface area (Å²) < 4.78 is 16.2. The Morgan fingerprint density at radius 2 is 2.07 bits per heavy atom. The second kappa shape index (κ2) is 6.63. The van der Waals surface area contributed by atoms with Gasteiger partial charge in [-0.25, -0.2) is 0 Å². The summed E-state index contributed by atoms with van der Waals surface area (Å²) in [4.78, 5) is 23.4. The van der Waals surface area contributed by atoms with E-state index in [1.165, 1.54) is 0 Å². The number of carbonyl (C=O) groups excluding carboxylic acids is 1. The van der Waals surface area contributed by atoms with Gasteiger partial charge in [-0.2, -0.15) is 4.98 Å². The number of hydrogen-bond acceptors (Lipinski definition) is 7. The number of likely N-dealkylation sites (tertiary alicyclic amines) is 1. The van der Waals surface area contributed by atoms with E-state index in [0.717, 1.165) is 5.56 Å². The minimum Gasteiger partial charge on any atom is -0.454 e. The number of ether oxygens (including phenoxy) is 2. The van der Waals surface area contributed by atoms with Crippen molar-refractivity contribution in [2.75, 3.05) is 19.9 Å². The lowest BCUT2D eigenvalue weighted by Gasteiger charge is -2.16. The van der Waals surface area contributed by atoms with Crippen molar-refractivity contribution >= 4 is 5.91 Å². The third kappa shape index (κ3) is 2.87. The zero-order valence-corrected chi connectivity index (χ0v) is 15.2.